The molecule has 0 radical (unpaired) electrons. The Labute approximate surface area is 123 Å². The van der Waals surface area contributed by atoms with Crippen molar-refractivity contribution in [3.63, 3.8) is 0 Å². The van der Waals surface area contributed by atoms with Crippen molar-refractivity contribution in [2.45, 2.75) is 19.8 Å². The molecule has 0 bridgehead atoms. The largest absolute Gasteiger partial charge is 0.382 e. The molecule has 2 nitrogen and oxygen atoms in total. The van der Waals surface area contributed by atoms with E-state index in [1.165, 1.54) is 17.2 Å². The number of hydrogen-bond acceptors (Lipinski definition) is 2. The Bertz CT molecular complexity index is 527. The normalized spacial score (nSPS) is 10.8. The summed E-state index contributed by atoms with van der Waals surface area (Å²) in [6.07, 6.45) is 2.33. The van der Waals surface area contributed by atoms with Gasteiger partial charge in [0.2, 0.25) is 0 Å². The fourth-order valence-corrected chi connectivity index (χ4v) is 2.50. The second-order valence-electron chi connectivity index (χ2n) is 4.53. The van der Waals surface area contributed by atoms with Crippen molar-refractivity contribution in [3.05, 3.63) is 40.9 Å². The maximum atomic E-state index is 5.56. The van der Waals surface area contributed by atoms with E-state index in [1.54, 1.807) is 0 Å². The zero-order valence-corrected chi connectivity index (χ0v) is 12.9. The highest BCUT2D eigenvalue weighted by molar-refractivity contribution is 9.10. The van der Waals surface area contributed by atoms with Gasteiger partial charge in [0, 0.05) is 28.7 Å². The van der Waals surface area contributed by atoms with Gasteiger partial charge in [-0.1, -0.05) is 53.5 Å². The fraction of sp³-hybridized carbons (Fsp3) is 0.375. The highest BCUT2D eigenvalue weighted by Gasteiger charge is 2.02. The van der Waals surface area contributed by atoms with Gasteiger partial charge >= 0.3 is 0 Å². The number of halogens is 1. The predicted molar refractivity (Wildman–Crippen MR) is 85.9 cm³/mol. The van der Waals surface area contributed by atoms with Crippen molar-refractivity contribution in [2.24, 2.45) is 0 Å². The van der Waals surface area contributed by atoms with Gasteiger partial charge in [0.15, 0.2) is 0 Å². The van der Waals surface area contributed by atoms with Crippen molar-refractivity contribution < 1.29 is 4.74 Å². The molecular weight excluding hydrogens is 302 g/mol. The van der Waals surface area contributed by atoms with E-state index < -0.39 is 0 Å². The van der Waals surface area contributed by atoms with E-state index >= 15 is 0 Å². The third kappa shape index (κ3) is 3.95. The lowest BCUT2D eigenvalue weighted by atomic mass is 10.1. The lowest BCUT2D eigenvalue weighted by Gasteiger charge is -2.11. The highest BCUT2D eigenvalue weighted by Crippen LogP contribution is 2.29. The van der Waals surface area contributed by atoms with Crippen LogP contribution in [0.15, 0.2) is 40.9 Å². The molecule has 2 rings (SSSR count). The van der Waals surface area contributed by atoms with Gasteiger partial charge < -0.3 is 10.1 Å². The van der Waals surface area contributed by atoms with Gasteiger partial charge in [-0.3, -0.25) is 0 Å². The van der Waals surface area contributed by atoms with E-state index in [9.17, 15) is 0 Å². The van der Waals surface area contributed by atoms with Crippen LogP contribution in [0.3, 0.4) is 0 Å². The van der Waals surface area contributed by atoms with Crippen LogP contribution in [-0.2, 0) is 4.74 Å². The summed E-state index contributed by atoms with van der Waals surface area (Å²) in [6.45, 7) is 4.63. The van der Waals surface area contributed by atoms with E-state index in [-0.39, 0.29) is 0 Å². The second-order valence-corrected chi connectivity index (χ2v) is 5.39. The van der Waals surface area contributed by atoms with Gasteiger partial charge in [-0.2, -0.15) is 0 Å². The van der Waals surface area contributed by atoms with Crippen LogP contribution < -0.4 is 5.32 Å². The first-order valence-corrected chi connectivity index (χ1v) is 7.61. The van der Waals surface area contributed by atoms with Crippen molar-refractivity contribution >= 4 is 32.4 Å². The van der Waals surface area contributed by atoms with Crippen LogP contribution in [0, 0.1) is 0 Å². The first-order chi connectivity index (χ1) is 9.33. The van der Waals surface area contributed by atoms with Gasteiger partial charge in [0.25, 0.3) is 0 Å². The molecule has 0 amide bonds. The minimum atomic E-state index is 0.754. The second kappa shape index (κ2) is 7.51. The third-order valence-electron chi connectivity index (χ3n) is 3.07. The van der Waals surface area contributed by atoms with Crippen molar-refractivity contribution in [3.8, 4) is 0 Å². The molecule has 2 aromatic rings. The Morgan fingerprint density at radius 3 is 2.63 bits per heavy atom. The molecule has 0 spiro atoms. The molecule has 0 fully saturated rings. The summed E-state index contributed by atoms with van der Waals surface area (Å²) in [4.78, 5) is 0. The Kier molecular flexibility index (Phi) is 5.67. The number of anilines is 1. The van der Waals surface area contributed by atoms with Crippen LogP contribution >= 0.6 is 15.9 Å². The first kappa shape index (κ1) is 14.4. The van der Waals surface area contributed by atoms with E-state index in [0.29, 0.717) is 0 Å². The summed E-state index contributed by atoms with van der Waals surface area (Å²) >= 11 is 3.59. The number of ether oxygens (including phenoxy) is 1. The smallest absolute Gasteiger partial charge is 0.0639 e. The minimum absolute atomic E-state index is 0.754. The quantitative estimate of drug-likeness (QED) is 0.737. The summed E-state index contributed by atoms with van der Waals surface area (Å²) in [6, 6.07) is 12.6. The standard InChI is InChI=1S/C16H20BrNO/c1-2-3-11-19-12-10-18-16-9-8-15(17)13-6-4-5-7-14(13)16/h4-9,18H,2-3,10-12H2,1H3. The zero-order valence-electron chi connectivity index (χ0n) is 11.3. The van der Waals surface area contributed by atoms with E-state index in [1.807, 2.05) is 0 Å². The molecule has 19 heavy (non-hydrogen) atoms. The third-order valence-corrected chi connectivity index (χ3v) is 3.77. The van der Waals surface area contributed by atoms with Gasteiger partial charge in [0.1, 0.15) is 0 Å². The van der Waals surface area contributed by atoms with Crippen LogP contribution in [0.1, 0.15) is 19.8 Å². The molecule has 3 heteroatoms. The summed E-state index contributed by atoms with van der Waals surface area (Å²) in [5.74, 6) is 0. The van der Waals surface area contributed by atoms with Crippen LogP contribution in [0.2, 0.25) is 0 Å². The van der Waals surface area contributed by atoms with Crippen molar-refractivity contribution in [1.29, 1.82) is 0 Å². The topological polar surface area (TPSA) is 21.3 Å². The van der Waals surface area contributed by atoms with Gasteiger partial charge in [0.05, 0.1) is 6.61 Å². The molecular formula is C16H20BrNO. The molecule has 0 saturated carbocycles. The molecule has 0 saturated heterocycles. The SMILES string of the molecule is CCCCOCCNc1ccc(Br)c2ccccc12. The number of rotatable bonds is 7. The molecule has 0 heterocycles. The van der Waals surface area contributed by atoms with Gasteiger partial charge in [-0.25, -0.2) is 0 Å². The average molecular weight is 322 g/mol. The number of unbranched alkanes of at least 4 members (excludes halogenated alkanes) is 1. The molecule has 0 atom stereocenters. The van der Waals surface area contributed by atoms with Crippen LogP contribution in [-0.4, -0.2) is 19.8 Å². The molecule has 2 aromatic carbocycles. The van der Waals surface area contributed by atoms with Crippen LogP contribution in [0.5, 0.6) is 0 Å². The average Bonchev–Trinajstić information content (AvgIpc) is 2.45. The highest BCUT2D eigenvalue weighted by atomic mass is 79.9. The fourth-order valence-electron chi connectivity index (χ4n) is 2.02. The molecule has 0 aromatic heterocycles. The van der Waals surface area contributed by atoms with Crippen molar-refractivity contribution in [2.75, 3.05) is 25.1 Å². The van der Waals surface area contributed by atoms with E-state index in [2.05, 4.69) is 64.6 Å². The Morgan fingerprint density at radius 1 is 1.05 bits per heavy atom. The Hall–Kier alpha value is -1.06. The predicted octanol–water partition coefficient (Wildman–Crippen LogP) is 4.83. The van der Waals surface area contributed by atoms with Gasteiger partial charge in [-0.15, -0.1) is 0 Å². The monoisotopic (exact) mass is 321 g/mol. The molecule has 102 valence electrons. The van der Waals surface area contributed by atoms with Crippen molar-refractivity contribution in [1.82, 2.24) is 0 Å². The number of benzene rings is 2. The summed E-state index contributed by atoms with van der Waals surface area (Å²) in [5.41, 5.74) is 1.16. The lowest BCUT2D eigenvalue weighted by molar-refractivity contribution is 0.141. The Morgan fingerprint density at radius 2 is 1.84 bits per heavy atom. The maximum Gasteiger partial charge on any atom is 0.0639 e. The molecule has 1 N–H and O–H groups in total. The molecule has 0 aliphatic carbocycles. The minimum Gasteiger partial charge on any atom is -0.382 e. The molecule has 0 aliphatic rings. The molecule has 0 unspecified atom stereocenters. The van der Waals surface area contributed by atoms with Crippen LogP contribution in [0.25, 0.3) is 10.8 Å². The van der Waals surface area contributed by atoms with E-state index in [0.717, 1.165) is 36.3 Å². The Balaban J connectivity index is 1.96. The summed E-state index contributed by atoms with van der Waals surface area (Å²) < 4.78 is 6.69. The maximum absolute atomic E-state index is 5.56. The van der Waals surface area contributed by atoms with E-state index in [4.69, 9.17) is 4.74 Å². The summed E-state index contributed by atoms with van der Waals surface area (Å²) in [7, 11) is 0. The zero-order chi connectivity index (χ0) is 13.5. The first-order valence-electron chi connectivity index (χ1n) is 6.82. The number of fused-ring (bicyclic) bond motifs is 1. The number of nitrogens with one attached hydrogen (secondary N) is 1. The van der Waals surface area contributed by atoms with Gasteiger partial charge in [-0.05, 0) is 23.9 Å². The lowest BCUT2D eigenvalue weighted by Crippen LogP contribution is -2.10. The number of hydrogen-bond donors (Lipinski definition) is 1. The van der Waals surface area contributed by atoms with Crippen LogP contribution in [0.4, 0.5) is 5.69 Å². The summed E-state index contributed by atoms with van der Waals surface area (Å²) in [5, 5.41) is 5.92. The molecule has 0 aliphatic heterocycles.